The highest BCUT2D eigenvalue weighted by Gasteiger charge is 2.45. The van der Waals surface area contributed by atoms with E-state index in [4.69, 9.17) is 5.14 Å². The van der Waals surface area contributed by atoms with Crippen molar-refractivity contribution >= 4 is 32.4 Å². The van der Waals surface area contributed by atoms with E-state index in [1.165, 1.54) is 23.3 Å². The van der Waals surface area contributed by atoms with Crippen LogP contribution in [0.25, 0.3) is 0 Å². The minimum Gasteiger partial charge on any atom is -0.316 e. The van der Waals surface area contributed by atoms with E-state index in [1.807, 2.05) is 0 Å². The smallest absolute Gasteiger partial charge is 0.316 e. The van der Waals surface area contributed by atoms with Gasteiger partial charge in [0.15, 0.2) is 0 Å². The lowest BCUT2D eigenvalue weighted by Crippen LogP contribution is -2.41. The first-order chi connectivity index (χ1) is 17.0. The number of rotatable bonds is 6. The summed E-state index contributed by atoms with van der Waals surface area (Å²) in [6.45, 7) is 0.168. The minimum absolute atomic E-state index is 0.0165. The normalized spacial score (nSPS) is 15.6. The summed E-state index contributed by atoms with van der Waals surface area (Å²) in [5.74, 6) is -0.361. The molecule has 3 aromatic rings. The predicted molar refractivity (Wildman–Crippen MR) is 135 cm³/mol. The molecule has 0 saturated carbocycles. The molecule has 6 nitrogen and oxygen atoms in total. The Kier molecular flexibility index (Phi) is 7.33. The van der Waals surface area contributed by atoms with E-state index in [1.54, 1.807) is 42.5 Å². The van der Waals surface area contributed by atoms with Gasteiger partial charge in [0.1, 0.15) is 17.1 Å². The Morgan fingerprint density at radius 3 is 2.47 bits per heavy atom. The molecule has 0 radical (unpaired) electrons. The van der Waals surface area contributed by atoms with Crippen LogP contribution in [0.5, 0.6) is 0 Å². The van der Waals surface area contributed by atoms with E-state index in [2.05, 4.69) is 11.4 Å². The van der Waals surface area contributed by atoms with Crippen LogP contribution < -0.4 is 10.5 Å². The Hall–Kier alpha value is -3.04. The number of nitrogens with one attached hydrogen (secondary N) is 1. The third kappa shape index (κ3) is 5.68. The molecule has 2 aromatic carbocycles. The fourth-order valence-corrected chi connectivity index (χ4v) is 6.34. The topological polar surface area (TPSA) is 99.2 Å². The first-order valence-electron chi connectivity index (χ1n) is 11.1. The molecule has 0 aliphatic carbocycles. The van der Waals surface area contributed by atoms with E-state index >= 15 is 0 Å². The summed E-state index contributed by atoms with van der Waals surface area (Å²) in [7, 11) is -2.89. The number of amides is 1. The van der Waals surface area contributed by atoms with Gasteiger partial charge in [-0.05, 0) is 45.4 Å². The number of nitriles is 1. The van der Waals surface area contributed by atoms with Crippen LogP contribution in [0.15, 0.2) is 59.5 Å². The largest absolute Gasteiger partial charge is 0.408 e. The quantitative estimate of drug-likeness (QED) is 0.410. The Bertz CT molecular complexity index is 1340. The number of carbonyl (C=O) groups excluding carboxylic acids is 1. The molecule has 11 heteroatoms. The molecule has 1 amide bonds. The number of nitrogens with two attached hydrogens (primary N) is 1. The highest BCUT2D eigenvalue weighted by Crippen LogP contribution is 2.43. The van der Waals surface area contributed by atoms with Gasteiger partial charge in [0, 0.05) is 29.1 Å². The van der Waals surface area contributed by atoms with Crippen molar-refractivity contribution in [1.82, 2.24) is 4.90 Å². The van der Waals surface area contributed by atoms with Crippen molar-refractivity contribution < 1.29 is 22.2 Å². The van der Waals surface area contributed by atoms with Gasteiger partial charge in [-0.3, -0.25) is 19.0 Å². The average Bonchev–Trinajstić information content (AvgIpc) is 3.14. The lowest BCUT2D eigenvalue weighted by atomic mass is 9.98. The Balaban J connectivity index is 1.52. The van der Waals surface area contributed by atoms with Gasteiger partial charge in [0.05, 0.1) is 12.0 Å². The van der Waals surface area contributed by atoms with Crippen molar-refractivity contribution in [3.63, 3.8) is 0 Å². The lowest BCUT2D eigenvalue weighted by Gasteiger charge is -2.35. The summed E-state index contributed by atoms with van der Waals surface area (Å²) in [4.78, 5) is 15.2. The second-order valence-electron chi connectivity index (χ2n) is 8.78. The van der Waals surface area contributed by atoms with Crippen molar-refractivity contribution in [2.45, 2.75) is 36.5 Å². The third-order valence-corrected chi connectivity index (χ3v) is 8.51. The first kappa shape index (κ1) is 26.0. The molecule has 1 unspecified atom stereocenters. The predicted octanol–water partition coefficient (Wildman–Crippen LogP) is 4.34. The molecule has 1 aliphatic rings. The number of benzene rings is 2. The maximum Gasteiger partial charge on any atom is 0.408 e. The van der Waals surface area contributed by atoms with Gasteiger partial charge < -0.3 is 5.32 Å². The third-order valence-electron chi connectivity index (χ3n) is 6.06. The Labute approximate surface area is 212 Å². The van der Waals surface area contributed by atoms with Gasteiger partial charge in [-0.1, -0.05) is 42.5 Å². The van der Waals surface area contributed by atoms with Gasteiger partial charge in [0.25, 0.3) is 0 Å². The fraction of sp³-hybridized carbons (Fsp3) is 0.280. The van der Waals surface area contributed by atoms with E-state index < -0.39 is 22.3 Å². The zero-order chi connectivity index (χ0) is 26.1. The number of thiol groups is 1. The van der Waals surface area contributed by atoms with Crippen molar-refractivity contribution in [3.8, 4) is 6.07 Å². The molecule has 190 valence electrons. The zero-order valence-electron chi connectivity index (χ0n) is 19.4. The van der Waals surface area contributed by atoms with Crippen LogP contribution in [0.3, 0.4) is 0 Å². The maximum atomic E-state index is 14.0. The lowest BCUT2D eigenvalue weighted by molar-refractivity contribution is -0.188. The standard InChI is InChI=1S/C25H25F3N4O2S2/c1-36(30,34)18-9-7-16(8-10-18)13-22(33)31-24-20(14-29)19-11-12-32(15-21(19)35-24)23(25(26,27)28)17-5-3-2-4-6-17/h2-10,23,36H,11-13,15H2,1H3,(H2,30,34)(H,31,33). The van der Waals surface area contributed by atoms with Crippen LogP contribution >= 0.6 is 11.3 Å². The minimum atomic E-state index is -4.46. The molecule has 3 N–H and O–H groups in total. The molecule has 36 heavy (non-hydrogen) atoms. The van der Waals surface area contributed by atoms with E-state index in [-0.39, 0.29) is 37.4 Å². The van der Waals surface area contributed by atoms with Crippen LogP contribution in [0.1, 0.15) is 33.2 Å². The maximum absolute atomic E-state index is 14.0. The molecule has 0 saturated heterocycles. The second-order valence-corrected chi connectivity index (χ2v) is 12.4. The van der Waals surface area contributed by atoms with Crippen molar-refractivity contribution in [2.24, 2.45) is 5.14 Å². The molecule has 0 spiro atoms. The van der Waals surface area contributed by atoms with Gasteiger partial charge in [-0.2, -0.15) is 18.4 Å². The highest BCUT2D eigenvalue weighted by atomic mass is 32.3. The number of thiophene rings is 1. The summed E-state index contributed by atoms with van der Waals surface area (Å²) >= 11 is 1.14. The summed E-state index contributed by atoms with van der Waals surface area (Å²) in [6, 6.07) is 14.7. The van der Waals surface area contributed by atoms with Crippen LogP contribution in [-0.4, -0.2) is 34.0 Å². The van der Waals surface area contributed by atoms with Gasteiger partial charge in [0.2, 0.25) is 5.91 Å². The molecule has 0 fully saturated rings. The summed E-state index contributed by atoms with van der Waals surface area (Å²) < 4.78 is 54.0. The number of fused-ring (bicyclic) bond motifs is 1. The van der Waals surface area contributed by atoms with Crippen LogP contribution in [0, 0.1) is 11.3 Å². The number of alkyl halides is 3. The molecule has 1 aromatic heterocycles. The van der Waals surface area contributed by atoms with E-state index in [9.17, 15) is 27.4 Å². The van der Waals surface area contributed by atoms with E-state index in [0.717, 1.165) is 11.3 Å². The summed E-state index contributed by atoms with van der Waals surface area (Å²) in [5, 5.41) is 18.5. The van der Waals surface area contributed by atoms with Crippen LogP contribution in [-0.2, 0) is 34.3 Å². The highest BCUT2D eigenvalue weighted by molar-refractivity contribution is 8.00. The zero-order valence-corrected chi connectivity index (χ0v) is 21.1. The Morgan fingerprint density at radius 2 is 1.89 bits per heavy atom. The average molecular weight is 535 g/mol. The number of carbonyl (C=O) groups is 1. The molecule has 1 atom stereocenters. The molecular formula is C25H25F3N4O2S2. The number of hydrogen-bond acceptors (Lipinski definition) is 5. The second kappa shape index (κ2) is 10.1. The van der Waals surface area contributed by atoms with Crippen LogP contribution in [0.4, 0.5) is 18.2 Å². The monoisotopic (exact) mass is 534 g/mol. The molecule has 4 rings (SSSR count). The number of halogens is 3. The van der Waals surface area contributed by atoms with Crippen molar-refractivity contribution in [3.05, 3.63) is 81.7 Å². The van der Waals surface area contributed by atoms with Gasteiger partial charge >= 0.3 is 6.18 Å². The Morgan fingerprint density at radius 1 is 1.22 bits per heavy atom. The number of anilines is 1. The van der Waals surface area contributed by atoms with Gasteiger partial charge in [-0.25, -0.2) is 0 Å². The fourth-order valence-electron chi connectivity index (χ4n) is 4.36. The van der Waals surface area contributed by atoms with Crippen molar-refractivity contribution in [1.29, 1.82) is 5.26 Å². The number of hydrogen-bond donors (Lipinski definition) is 3. The SMILES string of the molecule is C[SH](N)(=O)c1ccc(CC(=O)Nc2sc3c(c2C#N)CCN(C(c2ccccc2)C(F)(F)F)C3)cc1. The molecule has 2 heterocycles. The van der Waals surface area contributed by atoms with Gasteiger partial charge in [-0.15, -0.1) is 11.3 Å². The van der Waals surface area contributed by atoms with E-state index in [0.29, 0.717) is 31.5 Å². The van der Waals surface area contributed by atoms with Crippen LogP contribution in [0.2, 0.25) is 0 Å². The summed E-state index contributed by atoms with van der Waals surface area (Å²) in [6.07, 6.45) is -2.71. The molecule has 1 aliphatic heterocycles. The summed E-state index contributed by atoms with van der Waals surface area (Å²) in [5.41, 5.74) is 1.83. The number of nitrogens with zero attached hydrogens (tertiary/aromatic N) is 2. The molecule has 0 bridgehead atoms. The van der Waals surface area contributed by atoms with Crippen molar-refractivity contribution in [2.75, 3.05) is 18.1 Å². The molecular weight excluding hydrogens is 509 g/mol. The first-order valence-corrected chi connectivity index (χ1v) is 14.2.